The van der Waals surface area contributed by atoms with Crippen molar-refractivity contribution in [1.82, 2.24) is 14.5 Å². The third-order valence-electron chi connectivity index (χ3n) is 2.72. The Morgan fingerprint density at radius 3 is 2.95 bits per heavy atom. The zero-order chi connectivity index (χ0) is 15.4. The highest BCUT2D eigenvalue weighted by Gasteiger charge is 2.17. The molecule has 0 saturated carbocycles. The fraction of sp³-hybridized carbons (Fsp3) is 0.231. The summed E-state index contributed by atoms with van der Waals surface area (Å²) >= 11 is 1.33. The Morgan fingerprint density at radius 2 is 2.29 bits per heavy atom. The SMILES string of the molecule is C#CCN(CC(=O)O)C(=O)Cn1cnc2sccc2c1=O. The molecule has 0 aliphatic rings. The van der Waals surface area contributed by atoms with E-state index in [2.05, 4.69) is 10.9 Å². The highest BCUT2D eigenvalue weighted by molar-refractivity contribution is 7.16. The second-order valence-corrected chi connectivity index (χ2v) is 5.06. The largest absolute Gasteiger partial charge is 0.480 e. The molecule has 0 aliphatic carbocycles. The van der Waals surface area contributed by atoms with Crippen molar-refractivity contribution >= 4 is 33.4 Å². The summed E-state index contributed by atoms with van der Waals surface area (Å²) in [4.78, 5) is 40.5. The van der Waals surface area contributed by atoms with Gasteiger partial charge in [-0.1, -0.05) is 5.92 Å². The molecule has 21 heavy (non-hydrogen) atoms. The molecule has 2 rings (SSSR count). The Labute approximate surface area is 123 Å². The number of carboxylic acid groups (broad SMARTS) is 1. The lowest BCUT2D eigenvalue weighted by Gasteiger charge is -2.18. The van der Waals surface area contributed by atoms with Gasteiger partial charge < -0.3 is 10.0 Å². The minimum Gasteiger partial charge on any atom is -0.480 e. The number of aliphatic carboxylic acids is 1. The number of nitrogens with zero attached hydrogens (tertiary/aromatic N) is 3. The number of aromatic nitrogens is 2. The van der Waals surface area contributed by atoms with E-state index in [1.54, 1.807) is 11.4 Å². The van der Waals surface area contributed by atoms with E-state index in [-0.39, 0.29) is 18.6 Å². The van der Waals surface area contributed by atoms with Crippen LogP contribution in [0.5, 0.6) is 0 Å². The van der Waals surface area contributed by atoms with Crippen molar-refractivity contribution in [2.24, 2.45) is 0 Å². The molecule has 0 saturated heterocycles. The fourth-order valence-corrected chi connectivity index (χ4v) is 2.48. The molecule has 0 unspecified atom stereocenters. The summed E-state index contributed by atoms with van der Waals surface area (Å²) in [6, 6.07) is 1.63. The van der Waals surface area contributed by atoms with Gasteiger partial charge in [0.25, 0.3) is 5.56 Å². The van der Waals surface area contributed by atoms with Crippen molar-refractivity contribution in [3.63, 3.8) is 0 Å². The number of hydrogen-bond donors (Lipinski definition) is 1. The molecule has 2 aromatic rings. The summed E-state index contributed by atoms with van der Waals surface area (Å²) in [6.45, 7) is -0.938. The maximum absolute atomic E-state index is 12.1. The Hall–Kier alpha value is -2.66. The van der Waals surface area contributed by atoms with Gasteiger partial charge in [0.05, 0.1) is 18.3 Å². The van der Waals surface area contributed by atoms with Crippen LogP contribution >= 0.6 is 11.3 Å². The van der Waals surface area contributed by atoms with Crippen molar-refractivity contribution in [3.05, 3.63) is 28.1 Å². The average Bonchev–Trinajstić information content (AvgIpc) is 2.90. The van der Waals surface area contributed by atoms with Crippen LogP contribution in [0.15, 0.2) is 22.6 Å². The van der Waals surface area contributed by atoms with Crippen molar-refractivity contribution in [2.45, 2.75) is 6.54 Å². The van der Waals surface area contributed by atoms with Gasteiger partial charge in [-0.25, -0.2) is 4.98 Å². The van der Waals surface area contributed by atoms with Crippen LogP contribution in [0.25, 0.3) is 10.2 Å². The van der Waals surface area contributed by atoms with Crippen LogP contribution in [-0.2, 0) is 16.1 Å². The molecule has 0 radical (unpaired) electrons. The second kappa shape index (κ2) is 6.19. The first kappa shape index (κ1) is 14.7. The number of carbonyl (C=O) groups excluding carboxylic acids is 1. The maximum Gasteiger partial charge on any atom is 0.323 e. The third-order valence-corrected chi connectivity index (χ3v) is 3.54. The van der Waals surface area contributed by atoms with E-state index in [4.69, 9.17) is 11.5 Å². The van der Waals surface area contributed by atoms with Gasteiger partial charge in [0.2, 0.25) is 5.91 Å². The van der Waals surface area contributed by atoms with E-state index < -0.39 is 18.4 Å². The van der Waals surface area contributed by atoms with Crippen LogP contribution in [0.1, 0.15) is 0 Å². The van der Waals surface area contributed by atoms with E-state index in [1.807, 2.05) is 0 Å². The van der Waals surface area contributed by atoms with Gasteiger partial charge in [-0.2, -0.15) is 0 Å². The Morgan fingerprint density at radius 1 is 1.52 bits per heavy atom. The first-order valence-electron chi connectivity index (χ1n) is 5.88. The van der Waals surface area contributed by atoms with Gasteiger partial charge in [0, 0.05) is 0 Å². The van der Waals surface area contributed by atoms with Crippen LogP contribution in [0.3, 0.4) is 0 Å². The Balaban J connectivity index is 2.23. The summed E-state index contributed by atoms with van der Waals surface area (Å²) in [5, 5.41) is 10.9. The van der Waals surface area contributed by atoms with Crippen LogP contribution in [0.2, 0.25) is 0 Å². The first-order valence-corrected chi connectivity index (χ1v) is 6.76. The molecule has 8 heteroatoms. The van der Waals surface area contributed by atoms with Crippen LogP contribution < -0.4 is 5.56 Å². The van der Waals surface area contributed by atoms with E-state index in [1.165, 1.54) is 17.7 Å². The summed E-state index contributed by atoms with van der Waals surface area (Å²) in [5.41, 5.74) is -0.342. The number of thiophene rings is 1. The molecular weight excluding hydrogens is 294 g/mol. The quantitative estimate of drug-likeness (QED) is 0.785. The lowest BCUT2D eigenvalue weighted by molar-refractivity contribution is -0.144. The van der Waals surface area contributed by atoms with Gasteiger partial charge in [-0.3, -0.25) is 19.0 Å². The molecule has 1 amide bonds. The number of terminal acetylenes is 1. The number of fused-ring (bicyclic) bond motifs is 1. The predicted molar refractivity (Wildman–Crippen MR) is 76.9 cm³/mol. The zero-order valence-electron chi connectivity index (χ0n) is 10.9. The number of amides is 1. The molecule has 0 atom stereocenters. The van der Waals surface area contributed by atoms with Crippen molar-refractivity contribution in [2.75, 3.05) is 13.1 Å². The topological polar surface area (TPSA) is 92.5 Å². The number of hydrogen-bond acceptors (Lipinski definition) is 5. The fourth-order valence-electron chi connectivity index (χ4n) is 1.76. The molecule has 0 bridgehead atoms. The minimum atomic E-state index is -1.17. The molecular formula is C13H11N3O4S. The van der Waals surface area contributed by atoms with Gasteiger partial charge in [0.1, 0.15) is 17.9 Å². The van der Waals surface area contributed by atoms with Gasteiger partial charge >= 0.3 is 5.97 Å². The Kier molecular flexibility index (Phi) is 4.35. The molecule has 0 aliphatic heterocycles. The number of carboxylic acids is 1. The van der Waals surface area contributed by atoms with Crippen LogP contribution in [-0.4, -0.2) is 44.5 Å². The van der Waals surface area contributed by atoms with Gasteiger partial charge in [-0.15, -0.1) is 17.8 Å². The standard InChI is InChI=1S/C13H11N3O4S/c1-2-4-15(7-11(18)19)10(17)6-16-8-14-12-9(13(16)20)3-5-21-12/h1,3,5,8H,4,6-7H2,(H,18,19). The second-order valence-electron chi connectivity index (χ2n) is 4.16. The number of carbonyl (C=O) groups is 2. The first-order chi connectivity index (χ1) is 10.0. The van der Waals surface area contributed by atoms with E-state index >= 15 is 0 Å². The molecule has 108 valence electrons. The molecule has 0 fully saturated rings. The van der Waals surface area contributed by atoms with Gasteiger partial charge in [-0.05, 0) is 11.4 Å². The van der Waals surface area contributed by atoms with Crippen molar-refractivity contribution < 1.29 is 14.7 Å². The maximum atomic E-state index is 12.1. The van der Waals surface area contributed by atoms with Crippen LogP contribution in [0.4, 0.5) is 0 Å². The normalized spacial score (nSPS) is 10.2. The average molecular weight is 305 g/mol. The van der Waals surface area contributed by atoms with E-state index in [0.29, 0.717) is 10.2 Å². The third kappa shape index (κ3) is 3.27. The molecule has 2 aromatic heterocycles. The van der Waals surface area contributed by atoms with Crippen molar-refractivity contribution in [1.29, 1.82) is 0 Å². The molecule has 2 heterocycles. The lowest BCUT2D eigenvalue weighted by atomic mass is 10.4. The molecule has 0 spiro atoms. The van der Waals surface area contributed by atoms with Crippen LogP contribution in [0, 0.1) is 12.3 Å². The summed E-state index contributed by atoms with van der Waals surface area (Å²) in [7, 11) is 0. The molecule has 7 nitrogen and oxygen atoms in total. The number of rotatable bonds is 5. The summed E-state index contributed by atoms with van der Waals surface area (Å²) < 4.78 is 1.14. The summed E-state index contributed by atoms with van der Waals surface area (Å²) in [6.07, 6.45) is 6.38. The monoisotopic (exact) mass is 305 g/mol. The highest BCUT2D eigenvalue weighted by Crippen LogP contribution is 2.13. The highest BCUT2D eigenvalue weighted by atomic mass is 32.1. The van der Waals surface area contributed by atoms with E-state index in [0.717, 1.165) is 9.47 Å². The minimum absolute atomic E-state index is 0.131. The smallest absolute Gasteiger partial charge is 0.323 e. The van der Waals surface area contributed by atoms with Gasteiger partial charge in [0.15, 0.2) is 0 Å². The molecule has 0 aromatic carbocycles. The zero-order valence-corrected chi connectivity index (χ0v) is 11.7. The van der Waals surface area contributed by atoms with Crippen molar-refractivity contribution in [3.8, 4) is 12.3 Å². The Bertz CT molecular complexity index is 787. The molecule has 1 N–H and O–H groups in total. The van der Waals surface area contributed by atoms with E-state index in [9.17, 15) is 14.4 Å². The lowest BCUT2D eigenvalue weighted by Crippen LogP contribution is -2.39. The summed E-state index contributed by atoms with van der Waals surface area (Å²) in [5.74, 6) is 0.504. The predicted octanol–water partition coefficient (Wildman–Crippen LogP) is 0.00440.